The zero-order valence-corrected chi connectivity index (χ0v) is 15.4. The van der Waals surface area contributed by atoms with E-state index in [2.05, 4.69) is 0 Å². The van der Waals surface area contributed by atoms with Crippen LogP contribution in [0.3, 0.4) is 0 Å². The van der Waals surface area contributed by atoms with E-state index in [0.29, 0.717) is 12.1 Å². The zero-order chi connectivity index (χ0) is 18.2. The number of anilines is 1. The third kappa shape index (κ3) is 3.02. The van der Waals surface area contributed by atoms with Crippen molar-refractivity contribution in [3.05, 3.63) is 58.7 Å². The highest BCUT2D eigenvalue weighted by Crippen LogP contribution is 2.34. The lowest BCUT2D eigenvalue weighted by Crippen LogP contribution is -2.36. The van der Waals surface area contributed by atoms with Gasteiger partial charge in [0.25, 0.3) is 10.0 Å². The minimum Gasteiger partial charge on any atom is -0.465 e. The predicted octanol–water partition coefficient (Wildman–Crippen LogP) is 3.23. The Balaban J connectivity index is 2.12. The van der Waals surface area contributed by atoms with Crippen LogP contribution in [0.15, 0.2) is 41.3 Å². The Labute approximate surface area is 148 Å². The first-order chi connectivity index (χ1) is 11.9. The maximum Gasteiger partial charge on any atom is 0.338 e. The number of ether oxygens (including phenoxy) is 1. The Morgan fingerprint density at radius 2 is 1.92 bits per heavy atom. The molecule has 0 saturated heterocycles. The van der Waals surface area contributed by atoms with Crippen molar-refractivity contribution in [3.8, 4) is 0 Å². The molecule has 1 aliphatic rings. The van der Waals surface area contributed by atoms with E-state index in [1.165, 1.54) is 11.4 Å². The largest absolute Gasteiger partial charge is 0.465 e. The second kappa shape index (κ2) is 6.52. The fraction of sp³-hybridized carbons (Fsp3) is 0.316. The first-order valence-electron chi connectivity index (χ1n) is 8.16. The highest BCUT2D eigenvalue weighted by Gasteiger charge is 2.31. The van der Waals surface area contributed by atoms with Gasteiger partial charge >= 0.3 is 5.97 Å². The normalized spacial score (nSPS) is 14.1. The van der Waals surface area contributed by atoms with Gasteiger partial charge in [-0.15, -0.1) is 0 Å². The van der Waals surface area contributed by atoms with Gasteiger partial charge in [0.15, 0.2) is 0 Å². The summed E-state index contributed by atoms with van der Waals surface area (Å²) in [4.78, 5) is 12.0. The van der Waals surface area contributed by atoms with Crippen LogP contribution in [-0.2, 0) is 21.2 Å². The molecule has 132 valence electrons. The molecule has 0 bridgehead atoms. The number of hydrogen-bond donors (Lipinski definition) is 0. The van der Waals surface area contributed by atoms with Crippen LogP contribution in [0, 0.1) is 13.8 Å². The van der Waals surface area contributed by atoms with Crippen LogP contribution in [0.2, 0.25) is 0 Å². The first-order valence-corrected chi connectivity index (χ1v) is 9.60. The van der Waals surface area contributed by atoms with E-state index >= 15 is 0 Å². The highest BCUT2D eigenvalue weighted by molar-refractivity contribution is 7.92. The van der Waals surface area contributed by atoms with Gasteiger partial charge in [0.2, 0.25) is 0 Å². The van der Waals surface area contributed by atoms with E-state index in [-0.39, 0.29) is 10.5 Å². The molecule has 0 aliphatic carbocycles. The quantitative estimate of drug-likeness (QED) is 0.789. The number of aryl methyl sites for hydroxylation is 2. The fourth-order valence-electron chi connectivity index (χ4n) is 3.28. The molecule has 2 aromatic rings. The number of hydrogen-bond acceptors (Lipinski definition) is 4. The lowest BCUT2D eigenvalue weighted by molar-refractivity contribution is 0.0599. The molecule has 25 heavy (non-hydrogen) atoms. The Morgan fingerprint density at radius 3 is 2.64 bits per heavy atom. The van der Waals surface area contributed by atoms with E-state index in [4.69, 9.17) is 4.74 Å². The maximum atomic E-state index is 13.3. The van der Waals surface area contributed by atoms with Gasteiger partial charge < -0.3 is 4.74 Å². The topological polar surface area (TPSA) is 63.7 Å². The molecular formula is C19H21NO4S. The Kier molecular flexibility index (Phi) is 4.56. The van der Waals surface area contributed by atoms with Crippen LogP contribution in [0.4, 0.5) is 5.69 Å². The molecule has 2 aromatic carbocycles. The molecule has 6 heteroatoms. The molecule has 0 fully saturated rings. The molecule has 3 rings (SSSR count). The fourth-order valence-corrected chi connectivity index (χ4v) is 5.08. The van der Waals surface area contributed by atoms with Crippen LogP contribution in [0.1, 0.15) is 33.5 Å². The molecule has 0 unspecified atom stereocenters. The lowest BCUT2D eigenvalue weighted by Gasteiger charge is -2.31. The van der Waals surface area contributed by atoms with E-state index in [0.717, 1.165) is 29.7 Å². The number of rotatable bonds is 3. The summed E-state index contributed by atoms with van der Waals surface area (Å²) in [6.07, 6.45) is 1.63. The molecule has 0 atom stereocenters. The Bertz CT molecular complexity index is 934. The number of nitrogens with zero attached hydrogens (tertiary/aromatic N) is 1. The minimum atomic E-state index is -3.76. The molecule has 1 heterocycles. The molecule has 5 nitrogen and oxygen atoms in total. The van der Waals surface area contributed by atoms with Gasteiger partial charge in [0.05, 0.1) is 23.3 Å². The summed E-state index contributed by atoms with van der Waals surface area (Å²) in [5.74, 6) is -0.538. The van der Waals surface area contributed by atoms with Gasteiger partial charge in [0, 0.05) is 6.54 Å². The SMILES string of the molecule is COC(=O)c1cccc(S(=O)(=O)N2CCCc3cc(C)ccc32)c1C. The smallest absolute Gasteiger partial charge is 0.338 e. The van der Waals surface area contributed by atoms with E-state index in [9.17, 15) is 13.2 Å². The standard InChI is InChI=1S/C19H21NO4S/c1-13-9-10-17-15(12-13)6-5-11-20(17)25(22,23)18-8-4-7-16(14(18)2)19(21)24-3/h4,7-10,12H,5-6,11H2,1-3H3. The number of fused-ring (bicyclic) bond motifs is 1. The maximum absolute atomic E-state index is 13.3. The first kappa shape index (κ1) is 17.5. The van der Waals surface area contributed by atoms with E-state index in [1.54, 1.807) is 25.1 Å². The molecule has 0 amide bonds. The summed E-state index contributed by atoms with van der Waals surface area (Å²) in [5, 5.41) is 0. The number of carbonyl (C=O) groups is 1. The Morgan fingerprint density at radius 1 is 1.16 bits per heavy atom. The molecule has 0 radical (unpaired) electrons. The van der Waals surface area contributed by atoms with Crippen LogP contribution >= 0.6 is 0 Å². The van der Waals surface area contributed by atoms with Crippen molar-refractivity contribution >= 4 is 21.7 Å². The summed E-state index contributed by atoms with van der Waals surface area (Å²) < 4.78 is 32.8. The average molecular weight is 359 g/mol. The van der Waals surface area contributed by atoms with E-state index < -0.39 is 16.0 Å². The van der Waals surface area contributed by atoms with Crippen molar-refractivity contribution in [2.24, 2.45) is 0 Å². The average Bonchev–Trinajstić information content (AvgIpc) is 2.60. The van der Waals surface area contributed by atoms with Crippen molar-refractivity contribution in [1.29, 1.82) is 0 Å². The number of benzene rings is 2. The zero-order valence-electron chi connectivity index (χ0n) is 14.6. The summed E-state index contributed by atoms with van der Waals surface area (Å²) >= 11 is 0. The number of esters is 1. The number of carbonyl (C=O) groups excluding carboxylic acids is 1. The number of methoxy groups -OCH3 is 1. The van der Waals surface area contributed by atoms with Gasteiger partial charge in [-0.1, -0.05) is 23.8 Å². The summed E-state index contributed by atoms with van der Waals surface area (Å²) in [5.41, 5.74) is 3.55. The summed E-state index contributed by atoms with van der Waals surface area (Å²) in [6.45, 7) is 4.07. The van der Waals surface area contributed by atoms with Crippen LogP contribution in [-0.4, -0.2) is 28.0 Å². The molecular weight excluding hydrogens is 338 g/mol. The molecule has 1 aliphatic heterocycles. The molecule has 0 spiro atoms. The van der Waals surface area contributed by atoms with Crippen LogP contribution in [0.5, 0.6) is 0 Å². The van der Waals surface area contributed by atoms with Gasteiger partial charge in [0.1, 0.15) is 0 Å². The third-order valence-corrected chi connectivity index (χ3v) is 6.53. The molecule has 0 saturated carbocycles. The van der Waals surface area contributed by atoms with Crippen molar-refractivity contribution in [1.82, 2.24) is 0 Å². The van der Waals surface area contributed by atoms with Gasteiger partial charge in [-0.25, -0.2) is 13.2 Å². The van der Waals surface area contributed by atoms with Gasteiger partial charge in [-0.05, 0) is 56.0 Å². The number of sulfonamides is 1. The summed E-state index contributed by atoms with van der Waals surface area (Å²) in [6, 6.07) is 10.5. The Hall–Kier alpha value is -2.34. The van der Waals surface area contributed by atoms with Crippen LogP contribution in [0.25, 0.3) is 0 Å². The second-order valence-corrected chi connectivity index (χ2v) is 8.06. The van der Waals surface area contributed by atoms with Gasteiger partial charge in [-0.2, -0.15) is 0 Å². The monoisotopic (exact) mass is 359 g/mol. The highest BCUT2D eigenvalue weighted by atomic mass is 32.2. The van der Waals surface area contributed by atoms with Crippen molar-refractivity contribution in [2.45, 2.75) is 31.6 Å². The van der Waals surface area contributed by atoms with Crippen molar-refractivity contribution in [3.63, 3.8) is 0 Å². The van der Waals surface area contributed by atoms with E-state index in [1.807, 2.05) is 25.1 Å². The van der Waals surface area contributed by atoms with Crippen LogP contribution < -0.4 is 4.31 Å². The molecule has 0 aromatic heterocycles. The summed E-state index contributed by atoms with van der Waals surface area (Å²) in [7, 11) is -2.47. The predicted molar refractivity (Wildman–Crippen MR) is 96.6 cm³/mol. The minimum absolute atomic E-state index is 0.142. The van der Waals surface area contributed by atoms with Crippen molar-refractivity contribution in [2.75, 3.05) is 18.0 Å². The lowest BCUT2D eigenvalue weighted by atomic mass is 10.0. The molecule has 0 N–H and O–H groups in total. The second-order valence-electron chi connectivity index (χ2n) is 6.23. The third-order valence-electron chi connectivity index (χ3n) is 4.57. The van der Waals surface area contributed by atoms with Crippen molar-refractivity contribution < 1.29 is 17.9 Å². The van der Waals surface area contributed by atoms with Gasteiger partial charge in [-0.3, -0.25) is 4.31 Å².